The summed E-state index contributed by atoms with van der Waals surface area (Å²) in [7, 11) is 0. The van der Waals surface area contributed by atoms with Crippen LogP contribution >= 0.6 is 11.6 Å². The molecule has 8 heteroatoms. The molecular weight excluding hydrogens is 698 g/mol. The number of rotatable bonds is 9. The van der Waals surface area contributed by atoms with Gasteiger partial charge in [-0.15, -0.1) is 0 Å². The monoisotopic (exact) mass is 761 g/mol. The summed E-state index contributed by atoms with van der Waals surface area (Å²) >= 11 is 6.09. The predicted molar refractivity (Wildman–Crippen MR) is 212 cm³/mol. The van der Waals surface area contributed by atoms with Crippen molar-refractivity contribution in [1.29, 1.82) is 0 Å². The first kappa shape index (κ1) is 40.7. The SMILES string of the molecule is CC(C)C1=C2[C@H]3CC[C@@H]4[C@@]5(C)CC[C@H](OC(=O)CC(C)(C)C(=O)O)C(C)(C)[C@@H]5CC[C@@]4(C)[C@]3(C)CC[C@@]2(/C=C/C(=O)N[C@H](C)c2ccc(Cl)cc2)CC1=O. The molecule has 9 atom stereocenters. The number of carbonyl (C=O) groups excluding carboxylic acids is 3. The number of amides is 1. The Kier molecular flexibility index (Phi) is 10.5. The number of carboxylic acids is 1. The van der Waals surface area contributed by atoms with E-state index in [1.54, 1.807) is 19.9 Å². The molecule has 296 valence electrons. The molecule has 5 aliphatic rings. The summed E-state index contributed by atoms with van der Waals surface area (Å²) in [5.41, 5.74) is 1.54. The van der Waals surface area contributed by atoms with Crippen LogP contribution in [0.3, 0.4) is 0 Å². The number of nitrogens with one attached hydrogen (secondary N) is 1. The molecule has 54 heavy (non-hydrogen) atoms. The maximum absolute atomic E-state index is 14.0. The van der Waals surface area contributed by atoms with Crippen molar-refractivity contribution < 1.29 is 29.0 Å². The zero-order valence-electron chi connectivity index (χ0n) is 34.4. The number of esters is 1. The van der Waals surface area contributed by atoms with E-state index in [-0.39, 0.29) is 63.8 Å². The van der Waals surface area contributed by atoms with Gasteiger partial charge in [-0.25, -0.2) is 0 Å². The lowest BCUT2D eigenvalue weighted by Crippen LogP contribution is -2.65. The first-order chi connectivity index (χ1) is 25.0. The molecule has 4 fully saturated rings. The lowest BCUT2D eigenvalue weighted by molar-refractivity contribution is -0.232. The van der Waals surface area contributed by atoms with Crippen LogP contribution in [0.1, 0.15) is 145 Å². The number of aliphatic carboxylic acids is 1. The van der Waals surface area contributed by atoms with Gasteiger partial charge >= 0.3 is 11.9 Å². The van der Waals surface area contributed by atoms with E-state index in [2.05, 4.69) is 59.9 Å². The van der Waals surface area contributed by atoms with Crippen LogP contribution in [0.15, 0.2) is 47.6 Å². The molecule has 2 N–H and O–H groups in total. The molecule has 0 aliphatic heterocycles. The molecule has 0 heterocycles. The molecular formula is C46H64ClNO6. The van der Waals surface area contributed by atoms with Crippen molar-refractivity contribution in [3.05, 3.63) is 58.1 Å². The normalized spacial score (nSPS) is 36.6. The minimum Gasteiger partial charge on any atom is -0.481 e. The smallest absolute Gasteiger partial charge is 0.309 e. The molecule has 5 aliphatic carbocycles. The quantitative estimate of drug-likeness (QED) is 0.192. The maximum Gasteiger partial charge on any atom is 0.309 e. The molecule has 0 unspecified atom stereocenters. The Morgan fingerprint density at radius 1 is 0.926 bits per heavy atom. The summed E-state index contributed by atoms with van der Waals surface area (Å²) in [6.07, 6.45) is 11.7. The fourth-order valence-electron chi connectivity index (χ4n) is 13.0. The van der Waals surface area contributed by atoms with Crippen molar-refractivity contribution >= 4 is 35.2 Å². The molecule has 0 radical (unpaired) electrons. The number of fused-ring (bicyclic) bond motifs is 7. The third kappa shape index (κ3) is 6.50. The van der Waals surface area contributed by atoms with Crippen molar-refractivity contribution in [2.24, 2.45) is 56.2 Å². The van der Waals surface area contributed by atoms with Crippen molar-refractivity contribution in [1.82, 2.24) is 5.32 Å². The van der Waals surface area contributed by atoms with Crippen LogP contribution in [-0.4, -0.2) is 34.8 Å². The van der Waals surface area contributed by atoms with Crippen LogP contribution in [0, 0.1) is 56.2 Å². The number of halogens is 1. The lowest BCUT2D eigenvalue weighted by atomic mass is 9.33. The largest absolute Gasteiger partial charge is 0.481 e. The highest BCUT2D eigenvalue weighted by molar-refractivity contribution is 6.30. The number of allylic oxidation sites excluding steroid dienone is 3. The number of ether oxygens (including phenoxy) is 1. The van der Waals surface area contributed by atoms with Crippen LogP contribution in [-0.2, 0) is 23.9 Å². The van der Waals surface area contributed by atoms with Crippen LogP contribution < -0.4 is 5.32 Å². The number of hydrogen-bond acceptors (Lipinski definition) is 5. The van der Waals surface area contributed by atoms with Crippen molar-refractivity contribution in [3.8, 4) is 0 Å². The van der Waals surface area contributed by atoms with Crippen LogP contribution in [0.2, 0.25) is 5.02 Å². The fraction of sp³-hybridized carbons (Fsp3) is 0.696. The minimum atomic E-state index is -1.17. The maximum atomic E-state index is 14.0. The van der Waals surface area contributed by atoms with Gasteiger partial charge in [0.2, 0.25) is 5.91 Å². The number of hydrogen-bond donors (Lipinski definition) is 2. The Bertz CT molecular complexity index is 1760. The summed E-state index contributed by atoms with van der Waals surface area (Å²) in [6.45, 7) is 21.6. The average Bonchev–Trinajstić information content (AvgIpc) is 3.37. The van der Waals surface area contributed by atoms with E-state index in [1.165, 1.54) is 5.57 Å². The van der Waals surface area contributed by atoms with Crippen molar-refractivity contribution in [3.63, 3.8) is 0 Å². The summed E-state index contributed by atoms with van der Waals surface area (Å²) in [4.78, 5) is 52.3. The van der Waals surface area contributed by atoms with E-state index in [0.29, 0.717) is 23.3 Å². The summed E-state index contributed by atoms with van der Waals surface area (Å²) < 4.78 is 6.16. The summed E-state index contributed by atoms with van der Waals surface area (Å²) in [5, 5.41) is 13.4. The van der Waals surface area contributed by atoms with E-state index in [9.17, 15) is 24.3 Å². The van der Waals surface area contributed by atoms with Crippen LogP contribution in [0.4, 0.5) is 0 Å². The Morgan fingerprint density at radius 2 is 1.59 bits per heavy atom. The van der Waals surface area contributed by atoms with Gasteiger partial charge in [-0.05, 0) is 147 Å². The second-order valence-electron chi connectivity index (χ2n) is 20.2. The zero-order chi connectivity index (χ0) is 39.8. The highest BCUT2D eigenvalue weighted by Gasteiger charge is 2.70. The predicted octanol–water partition coefficient (Wildman–Crippen LogP) is 10.5. The number of benzene rings is 1. The Hall–Kier alpha value is -2.93. The van der Waals surface area contributed by atoms with Crippen LogP contribution in [0.5, 0.6) is 0 Å². The second kappa shape index (κ2) is 13.9. The van der Waals surface area contributed by atoms with Gasteiger partial charge in [0, 0.05) is 22.3 Å². The van der Waals surface area contributed by atoms with E-state index in [0.717, 1.165) is 62.5 Å². The Morgan fingerprint density at radius 3 is 2.22 bits per heavy atom. The number of carboxylic acid groups (broad SMARTS) is 1. The Balaban J connectivity index is 1.26. The van der Waals surface area contributed by atoms with Gasteiger partial charge in [0.25, 0.3) is 0 Å². The highest BCUT2D eigenvalue weighted by Crippen LogP contribution is 2.77. The van der Waals surface area contributed by atoms with Gasteiger partial charge in [-0.1, -0.05) is 78.3 Å². The minimum absolute atomic E-state index is 0.0114. The van der Waals surface area contributed by atoms with Gasteiger partial charge in [0.1, 0.15) is 6.10 Å². The first-order valence-corrected chi connectivity index (χ1v) is 20.9. The number of ketones is 1. The number of Topliss-reactive ketones (excluding diaryl/α,β-unsaturated/α-hetero) is 1. The molecule has 6 rings (SSSR count). The standard InChI is InChI=1S/C46H64ClNO6/c1-27(2)38-32(49)25-46(22-19-36(50)48-28(3)29-11-13-30(47)14-12-29)24-23-44(9)31(39(38)46)15-16-34-43(8)20-18-35(54-37(51)26-41(4,5)40(52)53)42(6,7)33(43)17-21-45(34,44)10/h11-14,19,22,27-28,31,33-35H,15-18,20-21,23-26H2,1-10H3,(H,48,50)(H,52,53)/b22-19+/t28-,31-,33+,34-,35+,43+,44-,45-,46+/m1/s1. The zero-order valence-corrected chi connectivity index (χ0v) is 35.1. The molecule has 1 amide bonds. The van der Waals surface area contributed by atoms with E-state index >= 15 is 0 Å². The molecule has 0 saturated heterocycles. The third-order valence-electron chi connectivity index (χ3n) is 16.1. The van der Waals surface area contributed by atoms with Crippen molar-refractivity contribution in [2.75, 3.05) is 0 Å². The lowest BCUT2D eigenvalue weighted by Gasteiger charge is -2.72. The molecule has 1 aromatic rings. The highest BCUT2D eigenvalue weighted by atomic mass is 35.5. The van der Waals surface area contributed by atoms with Gasteiger partial charge in [0.05, 0.1) is 17.9 Å². The average molecular weight is 762 g/mol. The molecule has 4 saturated carbocycles. The molecule has 0 bridgehead atoms. The molecule has 0 spiro atoms. The number of carbonyl (C=O) groups is 4. The van der Waals surface area contributed by atoms with Crippen LogP contribution in [0.25, 0.3) is 0 Å². The van der Waals surface area contributed by atoms with Gasteiger partial charge in [-0.3, -0.25) is 19.2 Å². The van der Waals surface area contributed by atoms with E-state index in [1.807, 2.05) is 31.2 Å². The third-order valence-corrected chi connectivity index (χ3v) is 16.4. The topological polar surface area (TPSA) is 110 Å². The second-order valence-corrected chi connectivity index (χ2v) is 20.6. The molecule has 0 aromatic heterocycles. The summed E-state index contributed by atoms with van der Waals surface area (Å²) in [5.74, 6) is -0.107. The Labute approximate surface area is 328 Å². The van der Waals surface area contributed by atoms with Gasteiger partial charge in [0.15, 0.2) is 5.78 Å². The van der Waals surface area contributed by atoms with Gasteiger partial charge in [-0.2, -0.15) is 0 Å². The fourth-order valence-corrected chi connectivity index (χ4v) is 13.1. The molecule has 1 aromatic carbocycles. The van der Waals surface area contributed by atoms with Crippen molar-refractivity contribution in [2.45, 2.75) is 146 Å². The van der Waals surface area contributed by atoms with Gasteiger partial charge < -0.3 is 15.2 Å². The molecule has 7 nitrogen and oxygen atoms in total. The summed E-state index contributed by atoms with van der Waals surface area (Å²) in [6, 6.07) is 7.35. The van der Waals surface area contributed by atoms with E-state index in [4.69, 9.17) is 16.3 Å². The van der Waals surface area contributed by atoms with E-state index < -0.39 is 22.8 Å². The first-order valence-electron chi connectivity index (χ1n) is 20.5.